The van der Waals surface area contributed by atoms with E-state index in [1.807, 2.05) is 34.7 Å². The minimum atomic E-state index is -0.0976. The number of carbonyl (C=O) groups excluding carboxylic acids is 1. The number of halogens is 2. The van der Waals surface area contributed by atoms with E-state index in [1.165, 1.54) is 0 Å². The van der Waals surface area contributed by atoms with Gasteiger partial charge in [-0.25, -0.2) is 4.68 Å². The second kappa shape index (κ2) is 11.7. The molecule has 0 radical (unpaired) electrons. The summed E-state index contributed by atoms with van der Waals surface area (Å²) < 4.78 is 2.04. The highest BCUT2D eigenvalue weighted by atomic mass is 35.5. The third-order valence-electron chi connectivity index (χ3n) is 7.15. The van der Waals surface area contributed by atoms with Crippen molar-refractivity contribution >= 4 is 34.9 Å². The fourth-order valence-corrected chi connectivity index (χ4v) is 5.21. The third-order valence-corrected chi connectivity index (χ3v) is 7.70. The number of likely N-dealkylation sites (N-methyl/N-ethyl adjacent to an activating group) is 1. The summed E-state index contributed by atoms with van der Waals surface area (Å²) in [5.41, 5.74) is 3.48. The number of para-hydroxylation sites is 1. The first-order chi connectivity index (χ1) is 17.3. The van der Waals surface area contributed by atoms with E-state index in [4.69, 9.17) is 28.3 Å². The summed E-state index contributed by atoms with van der Waals surface area (Å²) in [6.45, 7) is 13.8. The molecular weight excluding hydrogens is 493 g/mol. The SMILES string of the molecule is CC[C@@H](C)N(Cc1c(C)nn(-c2ccccc2)c1N1CCN(CC)CC1)C(=O)c1ccc(Cl)cc1Cl. The highest BCUT2D eigenvalue weighted by Gasteiger charge is 2.30. The van der Waals surface area contributed by atoms with E-state index in [0.717, 1.165) is 61.9 Å². The van der Waals surface area contributed by atoms with E-state index < -0.39 is 0 Å². The van der Waals surface area contributed by atoms with Gasteiger partial charge in [-0.15, -0.1) is 0 Å². The molecular formula is C28H35Cl2N5O. The Bertz CT molecular complexity index is 1190. The van der Waals surface area contributed by atoms with E-state index in [-0.39, 0.29) is 11.9 Å². The topological polar surface area (TPSA) is 44.6 Å². The number of hydrogen-bond donors (Lipinski definition) is 0. The molecule has 192 valence electrons. The van der Waals surface area contributed by atoms with Gasteiger partial charge in [-0.2, -0.15) is 5.10 Å². The van der Waals surface area contributed by atoms with Crippen LogP contribution in [0.1, 0.15) is 48.8 Å². The van der Waals surface area contributed by atoms with Crippen LogP contribution in [0, 0.1) is 6.92 Å². The largest absolute Gasteiger partial charge is 0.354 e. The van der Waals surface area contributed by atoms with Gasteiger partial charge in [-0.3, -0.25) is 4.79 Å². The summed E-state index contributed by atoms with van der Waals surface area (Å²) >= 11 is 12.6. The van der Waals surface area contributed by atoms with E-state index in [1.54, 1.807) is 18.2 Å². The number of benzene rings is 2. The molecule has 0 saturated carbocycles. The maximum Gasteiger partial charge on any atom is 0.255 e. The van der Waals surface area contributed by atoms with Crippen molar-refractivity contribution in [3.63, 3.8) is 0 Å². The smallest absolute Gasteiger partial charge is 0.255 e. The van der Waals surface area contributed by atoms with Crippen LogP contribution < -0.4 is 4.90 Å². The molecule has 1 aliphatic heterocycles. The van der Waals surface area contributed by atoms with Crippen molar-refractivity contribution in [1.82, 2.24) is 19.6 Å². The summed E-state index contributed by atoms with van der Waals surface area (Å²) in [4.78, 5) is 20.6. The fraction of sp³-hybridized carbons (Fsp3) is 0.429. The van der Waals surface area contributed by atoms with Crippen molar-refractivity contribution in [2.75, 3.05) is 37.6 Å². The van der Waals surface area contributed by atoms with Gasteiger partial charge in [0.05, 0.1) is 28.5 Å². The fourth-order valence-electron chi connectivity index (χ4n) is 4.72. The maximum absolute atomic E-state index is 13.8. The molecule has 2 aromatic carbocycles. The van der Waals surface area contributed by atoms with Crippen molar-refractivity contribution in [3.05, 3.63) is 75.4 Å². The average molecular weight is 529 g/mol. The number of aryl methyl sites for hydroxylation is 1. The Labute approximate surface area is 224 Å². The highest BCUT2D eigenvalue weighted by molar-refractivity contribution is 6.36. The Morgan fingerprint density at radius 3 is 2.36 bits per heavy atom. The zero-order valence-electron chi connectivity index (χ0n) is 21.5. The molecule has 1 aliphatic rings. The molecule has 0 spiro atoms. The number of carbonyl (C=O) groups is 1. The first kappa shape index (κ1) is 26.5. The molecule has 1 fully saturated rings. The Morgan fingerprint density at radius 1 is 1.06 bits per heavy atom. The van der Waals surface area contributed by atoms with E-state index in [2.05, 4.69) is 42.7 Å². The van der Waals surface area contributed by atoms with Gasteiger partial charge in [0.25, 0.3) is 5.91 Å². The quantitative estimate of drug-likeness (QED) is 0.356. The van der Waals surface area contributed by atoms with Gasteiger partial charge in [-0.05, 0) is 57.1 Å². The van der Waals surface area contributed by atoms with Crippen LogP contribution in [0.25, 0.3) is 5.69 Å². The van der Waals surface area contributed by atoms with Crippen LogP contribution in [0.3, 0.4) is 0 Å². The maximum atomic E-state index is 13.8. The minimum absolute atomic E-state index is 0.0218. The number of nitrogens with zero attached hydrogens (tertiary/aromatic N) is 5. The standard InChI is InChI=1S/C28H35Cl2N5O/c1-5-20(3)34(28(36)24-13-12-22(29)18-26(24)30)19-25-21(4)31-35(23-10-8-7-9-11-23)27(25)33-16-14-32(6-2)15-17-33/h7-13,18,20H,5-6,14-17,19H2,1-4H3/t20-/m1/s1. The van der Waals surface area contributed by atoms with Crippen LogP contribution in [-0.2, 0) is 6.54 Å². The van der Waals surface area contributed by atoms with Crippen LogP contribution in [0.5, 0.6) is 0 Å². The summed E-state index contributed by atoms with van der Waals surface area (Å²) in [6.07, 6.45) is 0.827. The van der Waals surface area contributed by atoms with E-state index in [9.17, 15) is 4.79 Å². The number of anilines is 1. The number of rotatable bonds is 8. The molecule has 36 heavy (non-hydrogen) atoms. The van der Waals surface area contributed by atoms with Gasteiger partial charge in [0.2, 0.25) is 0 Å². The number of piperazine rings is 1. The second-order valence-electron chi connectivity index (χ2n) is 9.37. The van der Waals surface area contributed by atoms with Gasteiger partial charge >= 0.3 is 0 Å². The van der Waals surface area contributed by atoms with Crippen molar-refractivity contribution < 1.29 is 4.79 Å². The lowest BCUT2D eigenvalue weighted by molar-refractivity contribution is 0.0671. The molecule has 3 aromatic rings. The first-order valence-electron chi connectivity index (χ1n) is 12.7. The van der Waals surface area contributed by atoms with Gasteiger partial charge in [0.15, 0.2) is 0 Å². The highest BCUT2D eigenvalue weighted by Crippen LogP contribution is 2.32. The Kier molecular flexibility index (Phi) is 8.60. The van der Waals surface area contributed by atoms with Gasteiger partial charge in [0, 0.05) is 42.8 Å². The number of hydrogen-bond acceptors (Lipinski definition) is 4. The Balaban J connectivity index is 1.76. The molecule has 6 nitrogen and oxygen atoms in total. The van der Waals surface area contributed by atoms with Crippen molar-refractivity contribution in [1.29, 1.82) is 0 Å². The molecule has 0 bridgehead atoms. The first-order valence-corrected chi connectivity index (χ1v) is 13.5. The van der Waals surface area contributed by atoms with Gasteiger partial charge in [-0.1, -0.05) is 55.2 Å². The predicted octanol–water partition coefficient (Wildman–Crippen LogP) is 6.07. The molecule has 8 heteroatoms. The summed E-state index contributed by atoms with van der Waals surface area (Å²) in [5.74, 6) is 0.970. The molecule has 1 atom stereocenters. The van der Waals surface area contributed by atoms with Crippen LogP contribution in [0.2, 0.25) is 10.0 Å². The van der Waals surface area contributed by atoms with E-state index >= 15 is 0 Å². The predicted molar refractivity (Wildman–Crippen MR) is 149 cm³/mol. The summed E-state index contributed by atoms with van der Waals surface area (Å²) in [5, 5.41) is 5.86. The van der Waals surface area contributed by atoms with Crippen LogP contribution in [0.4, 0.5) is 5.82 Å². The molecule has 2 heterocycles. The van der Waals surface area contributed by atoms with Gasteiger partial charge in [0.1, 0.15) is 5.82 Å². The third kappa shape index (κ3) is 5.56. The lowest BCUT2D eigenvalue weighted by Gasteiger charge is -2.37. The molecule has 1 saturated heterocycles. The van der Waals surface area contributed by atoms with Crippen molar-refractivity contribution in [3.8, 4) is 5.69 Å². The summed E-state index contributed by atoms with van der Waals surface area (Å²) in [6, 6.07) is 15.3. The zero-order chi connectivity index (χ0) is 25.8. The molecule has 0 unspecified atom stereocenters. The van der Waals surface area contributed by atoms with Crippen LogP contribution >= 0.6 is 23.2 Å². The summed E-state index contributed by atoms with van der Waals surface area (Å²) in [7, 11) is 0. The zero-order valence-corrected chi connectivity index (χ0v) is 23.1. The van der Waals surface area contributed by atoms with Crippen LogP contribution in [0.15, 0.2) is 48.5 Å². The molecule has 1 amide bonds. The number of amides is 1. The lowest BCUT2D eigenvalue weighted by atomic mass is 10.1. The Morgan fingerprint density at radius 2 is 1.75 bits per heavy atom. The second-order valence-corrected chi connectivity index (χ2v) is 10.2. The Hall–Kier alpha value is -2.54. The molecule has 0 N–H and O–H groups in total. The average Bonchev–Trinajstić information content (AvgIpc) is 3.22. The van der Waals surface area contributed by atoms with Gasteiger partial charge < -0.3 is 14.7 Å². The minimum Gasteiger partial charge on any atom is -0.354 e. The molecule has 0 aliphatic carbocycles. The lowest BCUT2D eigenvalue weighted by Crippen LogP contribution is -2.47. The molecule has 4 rings (SSSR count). The van der Waals surface area contributed by atoms with E-state index in [0.29, 0.717) is 22.2 Å². The van der Waals surface area contributed by atoms with Crippen LogP contribution in [-0.4, -0.2) is 64.3 Å². The molecule has 1 aromatic heterocycles. The normalized spacial score (nSPS) is 15.2. The van der Waals surface area contributed by atoms with Crippen molar-refractivity contribution in [2.24, 2.45) is 0 Å². The van der Waals surface area contributed by atoms with Crippen molar-refractivity contribution in [2.45, 2.75) is 46.7 Å². The number of aromatic nitrogens is 2. The monoisotopic (exact) mass is 527 g/mol.